The smallest absolute Gasteiger partial charge is 0.167 e. The van der Waals surface area contributed by atoms with Crippen LogP contribution in [0.4, 0.5) is 0 Å². The lowest BCUT2D eigenvalue weighted by Crippen LogP contribution is -2.40. The highest BCUT2D eigenvalue weighted by molar-refractivity contribution is 6.05. The standard InChI is InChI=1S/C22H22O2/c1-15-13-14-16(2)20(22(24)18-11-7-4-8-12-18)19(15)21(23)17-9-5-3-6-10-17/h3-16,19-20H,1-2H3/t15-,16-,19-,20+/m0/s1. The molecule has 2 nitrogen and oxygen atoms in total. The maximum absolute atomic E-state index is 13.1. The van der Waals surface area contributed by atoms with Crippen LogP contribution in [0.25, 0.3) is 0 Å². The molecule has 4 atom stereocenters. The molecule has 1 aliphatic rings. The van der Waals surface area contributed by atoms with Crippen LogP contribution in [-0.4, -0.2) is 11.6 Å². The lowest BCUT2D eigenvalue weighted by atomic mass is 9.66. The Balaban J connectivity index is 1.99. The van der Waals surface area contributed by atoms with Crippen LogP contribution in [0.1, 0.15) is 34.6 Å². The number of carbonyl (C=O) groups is 2. The molecule has 0 bridgehead atoms. The van der Waals surface area contributed by atoms with E-state index in [9.17, 15) is 9.59 Å². The minimum absolute atomic E-state index is 0.0477. The zero-order chi connectivity index (χ0) is 17.1. The van der Waals surface area contributed by atoms with Gasteiger partial charge in [0.25, 0.3) is 0 Å². The molecule has 2 heteroatoms. The highest BCUT2D eigenvalue weighted by Crippen LogP contribution is 2.38. The number of allylic oxidation sites excluding steroid dienone is 2. The van der Waals surface area contributed by atoms with Gasteiger partial charge in [-0.25, -0.2) is 0 Å². The van der Waals surface area contributed by atoms with E-state index in [1.165, 1.54) is 0 Å². The zero-order valence-corrected chi connectivity index (χ0v) is 14.1. The molecule has 24 heavy (non-hydrogen) atoms. The number of carbonyl (C=O) groups excluding carboxylic acids is 2. The number of rotatable bonds is 4. The predicted octanol–water partition coefficient (Wildman–Crippen LogP) is 4.83. The first-order valence-electron chi connectivity index (χ1n) is 8.46. The molecule has 1 aliphatic carbocycles. The van der Waals surface area contributed by atoms with Gasteiger partial charge in [0, 0.05) is 23.0 Å². The van der Waals surface area contributed by atoms with Gasteiger partial charge >= 0.3 is 0 Å². The van der Waals surface area contributed by atoms with Gasteiger partial charge in [-0.05, 0) is 11.8 Å². The molecule has 0 aromatic heterocycles. The molecule has 3 rings (SSSR count). The third kappa shape index (κ3) is 3.09. The summed E-state index contributed by atoms with van der Waals surface area (Å²) < 4.78 is 0. The van der Waals surface area contributed by atoms with E-state index in [1.807, 2.05) is 74.5 Å². The molecule has 2 aromatic carbocycles. The Hall–Kier alpha value is -2.48. The van der Waals surface area contributed by atoms with Gasteiger partial charge in [-0.2, -0.15) is 0 Å². The molecule has 0 N–H and O–H groups in total. The fourth-order valence-electron chi connectivity index (χ4n) is 3.64. The highest BCUT2D eigenvalue weighted by Gasteiger charge is 2.41. The van der Waals surface area contributed by atoms with E-state index < -0.39 is 0 Å². The fourth-order valence-corrected chi connectivity index (χ4v) is 3.64. The van der Waals surface area contributed by atoms with Gasteiger partial charge in [-0.3, -0.25) is 9.59 Å². The van der Waals surface area contributed by atoms with Crippen molar-refractivity contribution in [3.05, 3.63) is 83.9 Å². The molecule has 0 saturated heterocycles. The van der Waals surface area contributed by atoms with Crippen molar-refractivity contribution in [1.29, 1.82) is 0 Å². The molecule has 2 aromatic rings. The SMILES string of the molecule is C[C@H]1C=C[C@H](C)[C@@H](C(=O)c2ccccc2)[C@H]1C(=O)c1ccccc1. The van der Waals surface area contributed by atoms with Crippen molar-refractivity contribution in [2.75, 3.05) is 0 Å². The van der Waals surface area contributed by atoms with Crippen LogP contribution in [0.2, 0.25) is 0 Å². The molecule has 0 radical (unpaired) electrons. The van der Waals surface area contributed by atoms with Crippen molar-refractivity contribution in [2.45, 2.75) is 13.8 Å². The van der Waals surface area contributed by atoms with E-state index in [1.54, 1.807) is 0 Å². The average molecular weight is 318 g/mol. The summed E-state index contributed by atoms with van der Waals surface area (Å²) in [4.78, 5) is 26.2. The van der Waals surface area contributed by atoms with E-state index in [2.05, 4.69) is 12.2 Å². The van der Waals surface area contributed by atoms with Gasteiger partial charge in [0.05, 0.1) is 0 Å². The molecule has 0 saturated carbocycles. The maximum Gasteiger partial charge on any atom is 0.167 e. The van der Waals surface area contributed by atoms with Crippen LogP contribution in [0, 0.1) is 23.7 Å². The molecular formula is C22H22O2. The van der Waals surface area contributed by atoms with Crippen molar-refractivity contribution in [3.63, 3.8) is 0 Å². The molecule has 0 amide bonds. The van der Waals surface area contributed by atoms with Crippen LogP contribution < -0.4 is 0 Å². The zero-order valence-electron chi connectivity index (χ0n) is 14.1. The van der Waals surface area contributed by atoms with Gasteiger partial charge in [0.2, 0.25) is 0 Å². The monoisotopic (exact) mass is 318 g/mol. The molecule has 0 aliphatic heterocycles. The topological polar surface area (TPSA) is 34.1 Å². The summed E-state index contributed by atoms with van der Waals surface area (Å²) in [6, 6.07) is 18.6. The minimum Gasteiger partial charge on any atom is -0.294 e. The van der Waals surface area contributed by atoms with Crippen molar-refractivity contribution in [1.82, 2.24) is 0 Å². The first kappa shape index (κ1) is 16.4. The molecule has 122 valence electrons. The number of ketones is 2. The first-order valence-corrected chi connectivity index (χ1v) is 8.46. The second-order valence-corrected chi connectivity index (χ2v) is 6.62. The summed E-state index contributed by atoms with van der Waals surface area (Å²) >= 11 is 0. The van der Waals surface area contributed by atoms with E-state index >= 15 is 0 Å². The van der Waals surface area contributed by atoms with E-state index in [0.717, 1.165) is 0 Å². The normalized spacial score (nSPS) is 26.1. The van der Waals surface area contributed by atoms with E-state index in [4.69, 9.17) is 0 Å². The molecule has 0 unspecified atom stereocenters. The van der Waals surface area contributed by atoms with Crippen LogP contribution in [0.15, 0.2) is 72.8 Å². The van der Waals surface area contributed by atoms with Gasteiger partial charge in [0.15, 0.2) is 11.6 Å². The van der Waals surface area contributed by atoms with Crippen molar-refractivity contribution in [3.8, 4) is 0 Å². The predicted molar refractivity (Wildman–Crippen MR) is 96.0 cm³/mol. The van der Waals surface area contributed by atoms with Crippen LogP contribution >= 0.6 is 0 Å². The van der Waals surface area contributed by atoms with Crippen LogP contribution in [0.5, 0.6) is 0 Å². The Bertz CT molecular complexity index is 681. The Morgan fingerprint density at radius 1 is 0.625 bits per heavy atom. The Kier molecular flexibility index (Phi) is 4.75. The largest absolute Gasteiger partial charge is 0.294 e. The molecule has 0 fully saturated rings. The summed E-state index contributed by atoms with van der Waals surface area (Å²) in [6.07, 6.45) is 4.15. The lowest BCUT2D eigenvalue weighted by Gasteiger charge is -2.35. The summed E-state index contributed by atoms with van der Waals surface area (Å²) in [7, 11) is 0. The second-order valence-electron chi connectivity index (χ2n) is 6.62. The number of benzene rings is 2. The van der Waals surface area contributed by atoms with Gasteiger partial charge in [0.1, 0.15) is 0 Å². The van der Waals surface area contributed by atoms with E-state index in [0.29, 0.717) is 11.1 Å². The Morgan fingerprint density at radius 2 is 0.958 bits per heavy atom. The van der Waals surface area contributed by atoms with Gasteiger partial charge < -0.3 is 0 Å². The van der Waals surface area contributed by atoms with Gasteiger partial charge in [-0.1, -0.05) is 86.7 Å². The average Bonchev–Trinajstić information content (AvgIpc) is 2.63. The summed E-state index contributed by atoms with van der Waals surface area (Å²) in [6.45, 7) is 4.05. The molecule has 0 spiro atoms. The van der Waals surface area contributed by atoms with Crippen LogP contribution in [0.3, 0.4) is 0 Å². The van der Waals surface area contributed by atoms with Gasteiger partial charge in [-0.15, -0.1) is 0 Å². The summed E-state index contributed by atoms with van der Waals surface area (Å²) in [5.74, 6) is -0.416. The maximum atomic E-state index is 13.1. The second kappa shape index (κ2) is 6.96. The number of hydrogen-bond donors (Lipinski definition) is 0. The summed E-state index contributed by atoms with van der Waals surface area (Å²) in [5.41, 5.74) is 1.37. The molecule has 0 heterocycles. The molecular weight excluding hydrogens is 296 g/mol. The lowest BCUT2D eigenvalue weighted by molar-refractivity contribution is 0.0673. The van der Waals surface area contributed by atoms with E-state index in [-0.39, 0.29) is 35.2 Å². The first-order chi connectivity index (χ1) is 11.6. The van der Waals surface area contributed by atoms with Crippen LogP contribution in [-0.2, 0) is 0 Å². The Morgan fingerprint density at radius 3 is 1.29 bits per heavy atom. The Labute approximate surface area is 143 Å². The highest BCUT2D eigenvalue weighted by atomic mass is 16.1. The van der Waals surface area contributed by atoms with Crippen molar-refractivity contribution < 1.29 is 9.59 Å². The fraction of sp³-hybridized carbons (Fsp3) is 0.273. The quantitative estimate of drug-likeness (QED) is 0.598. The van der Waals surface area contributed by atoms with Crippen molar-refractivity contribution in [2.24, 2.45) is 23.7 Å². The van der Waals surface area contributed by atoms with Crippen molar-refractivity contribution >= 4 is 11.6 Å². The summed E-state index contributed by atoms with van der Waals surface area (Å²) in [5, 5.41) is 0. The number of hydrogen-bond acceptors (Lipinski definition) is 2. The third-order valence-corrected chi connectivity index (χ3v) is 4.96. The minimum atomic E-state index is -0.319. The number of Topliss-reactive ketones (excluding diaryl/α,β-unsaturated/α-hetero) is 2. The third-order valence-electron chi connectivity index (χ3n) is 4.96.